The van der Waals surface area contributed by atoms with E-state index in [1.807, 2.05) is 0 Å². The fourth-order valence-corrected chi connectivity index (χ4v) is 10.4. The number of nitrogens with zero attached hydrogens (tertiary/aromatic N) is 4. The number of carbonyl (C=O) groups excluding carboxylic acids is 9. The highest BCUT2D eigenvalue weighted by Crippen LogP contribution is 2.45. The van der Waals surface area contributed by atoms with Crippen LogP contribution in [0.3, 0.4) is 0 Å². The lowest BCUT2D eigenvalue weighted by Crippen LogP contribution is -2.53. The molecule has 3 aliphatic heterocycles. The molecule has 0 bridgehead atoms. The third-order valence-corrected chi connectivity index (χ3v) is 14.2. The van der Waals surface area contributed by atoms with E-state index < -0.39 is 84.2 Å². The van der Waals surface area contributed by atoms with Gasteiger partial charge in [-0.3, -0.25) is 48.1 Å². The molecule has 76 heavy (non-hydrogen) atoms. The zero-order valence-corrected chi connectivity index (χ0v) is 42.0. The van der Waals surface area contributed by atoms with Gasteiger partial charge in [0, 0.05) is 67.1 Å². The van der Waals surface area contributed by atoms with Crippen LogP contribution in [-0.4, -0.2) is 116 Å². The Morgan fingerprint density at radius 2 is 1.58 bits per heavy atom. The minimum absolute atomic E-state index is 0.0379. The summed E-state index contributed by atoms with van der Waals surface area (Å²) >= 11 is 0. The lowest BCUT2D eigenvalue weighted by Gasteiger charge is -2.31. The van der Waals surface area contributed by atoms with Gasteiger partial charge < -0.3 is 46.3 Å². The number of esters is 1. The number of cyclic esters (lactones) is 1. The number of rotatable bonds is 24. The van der Waals surface area contributed by atoms with Crippen LogP contribution in [0.5, 0.6) is 0 Å². The number of imide groups is 1. The molecule has 4 aromatic rings. The monoisotopic (exact) mass is 1050 g/mol. The Bertz CT molecular complexity index is 3090. The molecule has 2 aromatic heterocycles. The molecule has 7 N–H and O–H groups in total. The number of halogens is 1. The van der Waals surface area contributed by atoms with E-state index in [9.17, 15) is 53.1 Å². The Hall–Kier alpha value is -8.14. The number of hydrogen-bond acceptors (Lipinski definition) is 13. The van der Waals surface area contributed by atoms with E-state index in [0.29, 0.717) is 95.9 Å². The summed E-state index contributed by atoms with van der Waals surface area (Å²) in [7, 11) is 0. The van der Waals surface area contributed by atoms with E-state index in [4.69, 9.17) is 15.5 Å². The molecule has 3 atom stereocenters. The highest BCUT2D eigenvalue weighted by atomic mass is 19.1. The van der Waals surface area contributed by atoms with Gasteiger partial charge in [0.2, 0.25) is 35.4 Å². The molecule has 4 aliphatic rings. The number of ether oxygens (including phenoxy) is 1. The lowest BCUT2D eigenvalue weighted by molar-refractivity contribution is -0.172. The smallest absolute Gasteiger partial charge is 0.343 e. The number of hydrogen-bond donors (Lipinski definition) is 6. The Balaban J connectivity index is 0.846. The fourth-order valence-electron chi connectivity index (χ4n) is 10.4. The molecule has 5 heterocycles. The first-order valence-corrected chi connectivity index (χ1v) is 25.5. The van der Waals surface area contributed by atoms with E-state index in [1.165, 1.54) is 33.8 Å². The maximum absolute atomic E-state index is 15.0. The van der Waals surface area contributed by atoms with Crippen molar-refractivity contribution in [3.63, 3.8) is 0 Å². The van der Waals surface area contributed by atoms with Gasteiger partial charge in [0.1, 0.15) is 18.5 Å². The fraction of sp³-hybridized carbons (Fsp3) is 0.426. The van der Waals surface area contributed by atoms with Crippen LogP contribution in [0.1, 0.15) is 111 Å². The van der Waals surface area contributed by atoms with E-state index in [2.05, 4.69) is 21.3 Å². The van der Waals surface area contributed by atoms with Gasteiger partial charge in [-0.2, -0.15) is 0 Å². The van der Waals surface area contributed by atoms with Crippen LogP contribution in [-0.2, 0) is 79.5 Å². The molecule has 8 amide bonds. The van der Waals surface area contributed by atoms with Gasteiger partial charge >= 0.3 is 5.97 Å². The molecule has 21 nitrogen and oxygen atoms in total. The quantitative estimate of drug-likeness (QED) is 0.0292. The van der Waals surface area contributed by atoms with Crippen molar-refractivity contribution in [2.24, 2.45) is 5.73 Å². The van der Waals surface area contributed by atoms with Crippen LogP contribution in [0.25, 0.3) is 22.3 Å². The summed E-state index contributed by atoms with van der Waals surface area (Å²) < 4.78 is 21.8. The van der Waals surface area contributed by atoms with Gasteiger partial charge in [-0.1, -0.05) is 50.1 Å². The van der Waals surface area contributed by atoms with Crippen molar-refractivity contribution in [2.75, 3.05) is 32.7 Å². The molecule has 0 unspecified atom stereocenters. The van der Waals surface area contributed by atoms with E-state index in [0.717, 1.165) is 4.90 Å². The molecule has 0 radical (unpaired) electrons. The molecule has 0 saturated heterocycles. The van der Waals surface area contributed by atoms with Crippen LogP contribution in [0.2, 0.25) is 0 Å². The Morgan fingerprint density at radius 3 is 2.30 bits per heavy atom. The molecular formula is C54H60FN9O12. The first-order chi connectivity index (χ1) is 36.4. The van der Waals surface area contributed by atoms with Gasteiger partial charge in [0.05, 0.1) is 54.7 Å². The van der Waals surface area contributed by atoms with E-state index >= 15 is 4.39 Å². The number of unbranched alkanes of at least 4 members (excludes halogenated alkanes) is 4. The second kappa shape index (κ2) is 23.6. The van der Waals surface area contributed by atoms with Crippen molar-refractivity contribution in [3.05, 3.63) is 110 Å². The van der Waals surface area contributed by atoms with Gasteiger partial charge in [-0.15, -0.1) is 0 Å². The number of aromatic nitrogens is 2. The van der Waals surface area contributed by atoms with Crippen molar-refractivity contribution in [1.29, 1.82) is 0 Å². The number of nitrogens with one attached hydrogen (secondary N) is 4. The number of aryl methyl sites for hydroxylation is 1. The molecule has 1 aliphatic carbocycles. The Kier molecular flexibility index (Phi) is 16.8. The van der Waals surface area contributed by atoms with Gasteiger partial charge in [-0.25, -0.2) is 14.2 Å². The van der Waals surface area contributed by atoms with Crippen LogP contribution in [0, 0.1) is 5.82 Å². The number of nitrogens with two attached hydrogens (primary N) is 1. The topological polar surface area (TPSA) is 299 Å². The Morgan fingerprint density at radius 1 is 0.882 bits per heavy atom. The zero-order valence-electron chi connectivity index (χ0n) is 42.0. The summed E-state index contributed by atoms with van der Waals surface area (Å²) in [5, 5.41) is 22.8. The number of aliphatic hydroxyl groups is 1. The lowest BCUT2D eigenvalue weighted by atomic mass is 9.83. The summed E-state index contributed by atoms with van der Waals surface area (Å²) in [4.78, 5) is 136. The summed E-state index contributed by atoms with van der Waals surface area (Å²) in [6.07, 6.45) is 6.25. The van der Waals surface area contributed by atoms with Gasteiger partial charge in [0.15, 0.2) is 5.60 Å². The van der Waals surface area contributed by atoms with Gasteiger partial charge in [-0.05, 0) is 73.8 Å². The molecule has 0 fully saturated rings. The van der Waals surface area contributed by atoms with Crippen LogP contribution < -0.4 is 32.6 Å². The average molecular weight is 1050 g/mol. The second-order valence-electron chi connectivity index (χ2n) is 19.4. The molecular weight excluding hydrogens is 986 g/mol. The normalized spacial score (nSPS) is 17.3. The molecule has 8 rings (SSSR count). The number of amides is 8. The summed E-state index contributed by atoms with van der Waals surface area (Å²) in [6, 6.07) is 11.5. The molecule has 400 valence electrons. The van der Waals surface area contributed by atoms with E-state index in [-0.39, 0.29) is 80.8 Å². The Labute approximate surface area is 435 Å². The number of primary amides is 1. The van der Waals surface area contributed by atoms with E-state index in [1.54, 1.807) is 43.3 Å². The molecule has 0 saturated carbocycles. The number of pyridine rings is 2. The summed E-state index contributed by atoms with van der Waals surface area (Å²) in [5.41, 5.74) is 7.27. The number of carbonyl (C=O) groups is 9. The van der Waals surface area contributed by atoms with Gasteiger partial charge in [0.25, 0.3) is 17.4 Å². The summed E-state index contributed by atoms with van der Waals surface area (Å²) in [6.45, 7) is 0.325. The molecule has 22 heteroatoms. The van der Waals surface area contributed by atoms with Crippen molar-refractivity contribution in [2.45, 2.75) is 115 Å². The van der Waals surface area contributed by atoms with Crippen molar-refractivity contribution in [3.8, 4) is 11.4 Å². The zero-order chi connectivity index (χ0) is 54.3. The minimum atomic E-state index is -2.04. The summed E-state index contributed by atoms with van der Waals surface area (Å²) in [5.74, 6) is -5.50. The predicted octanol–water partition coefficient (Wildman–Crippen LogP) is 1.64. The number of benzene rings is 2. The van der Waals surface area contributed by atoms with Crippen molar-refractivity contribution < 1.29 is 57.4 Å². The standard InChI is InChI=1S/C54H60FN9O12/c1-2-54(75)36-25-40-50-34(28-64(40)51(72)35(36)30-76-53(54)74)49-37(17-16-32-23-33(55)24-38(61-50)48(32)49)59-43(67)15-9-4-10-20-62(29-41(56)65)52(73)39(22-31-12-6-3-7-13-31)60-45(69)27-58-44(68)26-57-42(66)14-8-5-11-21-63-46(70)18-19-47(63)71/h3,6-7,12-13,18-19,23-25,37,39,75H,2,4-5,8-11,14-17,20-22,26-30H2,1H3,(H2,56,65)(H,57,66)(H,58,68)(H,59,67)(H,60,69)/t37-,39-,54-/m0/s1. The maximum atomic E-state index is 15.0. The molecule has 2 aromatic carbocycles. The van der Waals surface area contributed by atoms with Crippen LogP contribution >= 0.6 is 0 Å². The van der Waals surface area contributed by atoms with Crippen molar-refractivity contribution in [1.82, 2.24) is 40.6 Å². The highest BCUT2D eigenvalue weighted by molar-refractivity contribution is 6.12. The minimum Gasteiger partial charge on any atom is -0.458 e. The second-order valence-corrected chi connectivity index (χ2v) is 19.4. The largest absolute Gasteiger partial charge is 0.458 e. The third-order valence-electron chi connectivity index (χ3n) is 14.2. The maximum Gasteiger partial charge on any atom is 0.343 e. The number of fused-ring (bicyclic) bond motifs is 5. The first-order valence-electron chi connectivity index (χ1n) is 25.5. The molecule has 0 spiro atoms. The SMILES string of the molecule is CC[C@@]1(O)C(=O)OCc2c1cc1n(c2=O)Cc2c-1nc1cc(F)cc3c1c2[C@@H](NC(=O)CCCCCN(CC(N)=O)C(=O)[C@H](Cc1ccccc1)NC(=O)CNC(=O)CNC(=O)CCCCCN1C(=O)C=CC1=O)CC3. The van der Waals surface area contributed by atoms with Crippen LogP contribution in [0.15, 0.2) is 65.5 Å². The highest BCUT2D eigenvalue weighted by Gasteiger charge is 2.46. The average Bonchev–Trinajstić information content (AvgIpc) is 3.99. The predicted molar refractivity (Wildman–Crippen MR) is 270 cm³/mol. The van der Waals surface area contributed by atoms with Crippen LogP contribution in [0.4, 0.5) is 4.39 Å². The third kappa shape index (κ3) is 12.0. The van der Waals surface area contributed by atoms with Crippen molar-refractivity contribution >= 4 is 64.1 Å². The first kappa shape index (κ1) is 54.1.